The highest BCUT2D eigenvalue weighted by molar-refractivity contribution is 7.28. The third kappa shape index (κ3) is 6.58. The third-order valence-corrected chi connectivity index (χ3v) is 9.08. The van der Waals surface area contributed by atoms with Gasteiger partial charge in [0.1, 0.15) is 0 Å². The summed E-state index contributed by atoms with van der Waals surface area (Å²) < 4.78 is 0. The first-order valence-electron chi connectivity index (χ1n) is 15.0. The molecule has 4 aromatic carbocycles. The number of hydrogen-bond acceptors (Lipinski definition) is 2. The molecule has 0 bridgehead atoms. The minimum Gasteiger partial charge on any atom is -0.291 e. The molecule has 3 heteroatoms. The van der Waals surface area contributed by atoms with Gasteiger partial charge in [0.2, 0.25) is 0 Å². The van der Waals surface area contributed by atoms with E-state index in [2.05, 4.69) is 139 Å². The van der Waals surface area contributed by atoms with E-state index in [1.165, 1.54) is 60.6 Å². The standard InChI is InChI=1S/C28H25P.C9H22N2/c1-18-14-16-20-8-3-5-10-22(20)26(18)24-12-7-13-25(28(24)29)27-19(2)15-17-21-9-4-6-11-23(21)27;1-5-10(6-2)9-11(7-3)8-4/h3-14,16H,15,17,29H2,1-2H3;5-9H2,1-4H3. The van der Waals surface area contributed by atoms with Crippen LogP contribution in [0.4, 0.5) is 0 Å². The number of rotatable bonds is 8. The first kappa shape index (κ1) is 30.2. The Kier molecular flexibility index (Phi) is 10.7. The zero-order valence-corrected chi connectivity index (χ0v) is 26.6. The lowest BCUT2D eigenvalue weighted by atomic mass is 9.82. The van der Waals surface area contributed by atoms with Crippen molar-refractivity contribution >= 4 is 30.9 Å². The summed E-state index contributed by atoms with van der Waals surface area (Å²) in [6.07, 6.45) is 2.27. The quantitative estimate of drug-likeness (QED) is 0.160. The molecule has 0 saturated heterocycles. The van der Waals surface area contributed by atoms with Gasteiger partial charge in [0, 0.05) is 0 Å². The van der Waals surface area contributed by atoms with E-state index in [4.69, 9.17) is 0 Å². The number of fused-ring (bicyclic) bond motifs is 2. The monoisotopic (exact) mass is 550 g/mol. The molecule has 1 atom stereocenters. The lowest BCUT2D eigenvalue weighted by Gasteiger charge is -2.26. The molecule has 0 heterocycles. The summed E-state index contributed by atoms with van der Waals surface area (Å²) in [6.45, 7) is 19.1. The fourth-order valence-electron chi connectivity index (χ4n) is 5.90. The van der Waals surface area contributed by atoms with Crippen molar-refractivity contribution in [2.45, 2.75) is 54.4 Å². The number of allylic oxidation sites excluding steroid dienone is 1. The molecule has 2 nitrogen and oxygen atoms in total. The van der Waals surface area contributed by atoms with Crippen LogP contribution in [0.2, 0.25) is 0 Å². The summed E-state index contributed by atoms with van der Waals surface area (Å²) in [5.41, 5.74) is 11.1. The molecule has 1 aliphatic rings. The summed E-state index contributed by atoms with van der Waals surface area (Å²) in [6, 6.07) is 28.8. The lowest BCUT2D eigenvalue weighted by molar-refractivity contribution is 0.152. The van der Waals surface area contributed by atoms with E-state index in [9.17, 15) is 0 Å². The van der Waals surface area contributed by atoms with Crippen molar-refractivity contribution in [1.82, 2.24) is 9.80 Å². The van der Waals surface area contributed by atoms with Crippen molar-refractivity contribution in [2.75, 3.05) is 32.8 Å². The normalized spacial score (nSPS) is 13.0. The van der Waals surface area contributed by atoms with Crippen LogP contribution < -0.4 is 5.30 Å². The first-order chi connectivity index (χ1) is 19.4. The van der Waals surface area contributed by atoms with Gasteiger partial charge >= 0.3 is 0 Å². The number of aryl methyl sites for hydroxylation is 2. The zero-order chi connectivity index (χ0) is 28.6. The van der Waals surface area contributed by atoms with Crippen LogP contribution in [0.15, 0.2) is 84.4 Å². The van der Waals surface area contributed by atoms with Gasteiger partial charge in [-0.05, 0) is 108 Å². The Labute approximate surface area is 245 Å². The van der Waals surface area contributed by atoms with Gasteiger partial charge in [-0.15, -0.1) is 9.24 Å². The van der Waals surface area contributed by atoms with Gasteiger partial charge in [-0.1, -0.05) is 112 Å². The van der Waals surface area contributed by atoms with Crippen molar-refractivity contribution in [3.63, 3.8) is 0 Å². The molecular formula is C37H47N2P. The molecule has 0 radical (unpaired) electrons. The minimum absolute atomic E-state index is 1.12. The second kappa shape index (κ2) is 14.2. The summed E-state index contributed by atoms with van der Waals surface area (Å²) in [4.78, 5) is 4.88. The van der Waals surface area contributed by atoms with E-state index in [-0.39, 0.29) is 0 Å². The molecule has 0 fully saturated rings. The number of benzene rings is 4. The van der Waals surface area contributed by atoms with Gasteiger partial charge in [0.15, 0.2) is 0 Å². The van der Waals surface area contributed by atoms with E-state index in [0.29, 0.717) is 0 Å². The molecule has 1 unspecified atom stereocenters. The van der Waals surface area contributed by atoms with Gasteiger partial charge < -0.3 is 0 Å². The fourth-order valence-corrected chi connectivity index (χ4v) is 6.38. The average molecular weight is 551 g/mol. The lowest BCUT2D eigenvalue weighted by Crippen LogP contribution is -2.37. The smallest absolute Gasteiger partial charge is 0.0505 e. The molecule has 4 aromatic rings. The maximum absolute atomic E-state index is 3.06. The van der Waals surface area contributed by atoms with Gasteiger partial charge in [-0.2, -0.15) is 0 Å². The summed E-state index contributed by atoms with van der Waals surface area (Å²) in [7, 11) is 3.06. The molecule has 0 saturated carbocycles. The van der Waals surface area contributed by atoms with Crippen LogP contribution in [0.1, 0.15) is 63.3 Å². The Morgan fingerprint density at radius 1 is 0.625 bits per heavy atom. The van der Waals surface area contributed by atoms with Crippen molar-refractivity contribution in [3.05, 3.63) is 107 Å². The van der Waals surface area contributed by atoms with Gasteiger partial charge in [0.25, 0.3) is 0 Å². The second-order valence-electron chi connectivity index (χ2n) is 10.8. The first-order valence-corrected chi connectivity index (χ1v) is 15.6. The molecule has 1 aliphatic carbocycles. The van der Waals surface area contributed by atoms with E-state index in [1.54, 1.807) is 0 Å². The van der Waals surface area contributed by atoms with Crippen LogP contribution in [-0.4, -0.2) is 42.6 Å². The van der Waals surface area contributed by atoms with E-state index < -0.39 is 0 Å². The second-order valence-corrected chi connectivity index (χ2v) is 11.4. The molecule has 0 amide bonds. The van der Waals surface area contributed by atoms with Crippen LogP contribution >= 0.6 is 9.24 Å². The van der Waals surface area contributed by atoms with Gasteiger partial charge in [0.05, 0.1) is 6.67 Å². The van der Waals surface area contributed by atoms with E-state index >= 15 is 0 Å². The van der Waals surface area contributed by atoms with Gasteiger partial charge in [-0.25, -0.2) is 0 Å². The molecular weight excluding hydrogens is 503 g/mol. The predicted molar refractivity (Wildman–Crippen MR) is 181 cm³/mol. The Morgan fingerprint density at radius 2 is 1.23 bits per heavy atom. The largest absolute Gasteiger partial charge is 0.291 e. The van der Waals surface area contributed by atoms with Crippen LogP contribution in [0.5, 0.6) is 0 Å². The summed E-state index contributed by atoms with van der Waals surface area (Å²) >= 11 is 0. The average Bonchev–Trinajstić information content (AvgIpc) is 2.99. The van der Waals surface area contributed by atoms with Gasteiger partial charge in [-0.3, -0.25) is 9.80 Å². The van der Waals surface area contributed by atoms with Crippen LogP contribution in [0.3, 0.4) is 0 Å². The Balaban J connectivity index is 0.000000288. The Hall–Kier alpha value is -2.77. The van der Waals surface area contributed by atoms with E-state index in [1.807, 2.05) is 0 Å². The van der Waals surface area contributed by atoms with Crippen LogP contribution in [0, 0.1) is 6.92 Å². The van der Waals surface area contributed by atoms with Crippen LogP contribution in [-0.2, 0) is 6.42 Å². The van der Waals surface area contributed by atoms with Crippen molar-refractivity contribution in [1.29, 1.82) is 0 Å². The molecule has 0 aromatic heterocycles. The highest BCUT2D eigenvalue weighted by atomic mass is 31.0. The molecule has 0 spiro atoms. The van der Waals surface area contributed by atoms with Crippen LogP contribution in [0.25, 0.3) is 27.5 Å². The topological polar surface area (TPSA) is 6.48 Å². The predicted octanol–water partition coefficient (Wildman–Crippen LogP) is 8.71. The molecule has 40 heavy (non-hydrogen) atoms. The van der Waals surface area contributed by atoms with E-state index in [0.717, 1.165) is 45.7 Å². The maximum Gasteiger partial charge on any atom is 0.0505 e. The minimum atomic E-state index is 1.12. The molecule has 0 N–H and O–H groups in total. The summed E-state index contributed by atoms with van der Waals surface area (Å²) in [5.74, 6) is 0. The van der Waals surface area contributed by atoms with Crippen molar-refractivity contribution < 1.29 is 0 Å². The highest BCUT2D eigenvalue weighted by Crippen LogP contribution is 2.38. The Morgan fingerprint density at radius 3 is 1.93 bits per heavy atom. The molecule has 0 aliphatic heterocycles. The molecule has 5 rings (SSSR count). The van der Waals surface area contributed by atoms with Crippen molar-refractivity contribution in [3.8, 4) is 11.1 Å². The SMILES string of the molecule is CC1=C(c2cccc(-c3c(C)ccc4ccccc34)c2P)c2ccccc2CC1.CCN(CC)CN(CC)CC. The maximum atomic E-state index is 3.06. The third-order valence-electron chi connectivity index (χ3n) is 8.45. The fraction of sp³-hybridized carbons (Fsp3) is 0.351. The highest BCUT2D eigenvalue weighted by Gasteiger charge is 2.21. The Bertz CT molecular complexity index is 1450. The zero-order valence-electron chi connectivity index (χ0n) is 25.4. The molecule has 210 valence electrons. The number of nitrogens with zero attached hydrogens (tertiary/aromatic N) is 2. The number of hydrogen-bond donors (Lipinski definition) is 0. The van der Waals surface area contributed by atoms with Crippen molar-refractivity contribution in [2.24, 2.45) is 0 Å². The summed E-state index contributed by atoms with van der Waals surface area (Å²) in [5, 5.41) is 3.91.